The molecule has 2 rings (SSSR count). The zero-order valence-electron chi connectivity index (χ0n) is 13.5. The summed E-state index contributed by atoms with van der Waals surface area (Å²) in [4.78, 5) is 14.4. The molecule has 2 aromatic carbocycles. The number of halogens is 1. The summed E-state index contributed by atoms with van der Waals surface area (Å²) in [5.74, 6) is -0.341. The van der Waals surface area contributed by atoms with Gasteiger partial charge in [-0.15, -0.1) is 0 Å². The Labute approximate surface area is 142 Å². The van der Waals surface area contributed by atoms with E-state index in [0.29, 0.717) is 10.6 Å². The lowest BCUT2D eigenvalue weighted by molar-refractivity contribution is 0.0333. The summed E-state index contributed by atoms with van der Waals surface area (Å²) < 4.78 is 5.63. The fourth-order valence-electron chi connectivity index (χ4n) is 2.34. The SMILES string of the molecule is CCCCN(c1ccccc1)C(C)OC(=O)c1ccc(Cl)cc1. The van der Waals surface area contributed by atoms with Gasteiger partial charge in [0.2, 0.25) is 0 Å². The van der Waals surface area contributed by atoms with Crippen LogP contribution in [0.5, 0.6) is 0 Å². The second-order valence-electron chi connectivity index (χ2n) is 5.39. The number of nitrogens with zero attached hydrogens (tertiary/aromatic N) is 1. The molecule has 0 aliphatic carbocycles. The third-order valence-electron chi connectivity index (χ3n) is 3.64. The van der Waals surface area contributed by atoms with Gasteiger partial charge in [0.15, 0.2) is 6.23 Å². The minimum absolute atomic E-state index is 0.341. The molecular weight excluding hydrogens is 310 g/mol. The summed E-state index contributed by atoms with van der Waals surface area (Å²) in [6.07, 6.45) is 1.78. The van der Waals surface area contributed by atoms with Crippen LogP contribution in [0.1, 0.15) is 37.0 Å². The summed E-state index contributed by atoms with van der Waals surface area (Å²) in [5.41, 5.74) is 1.56. The molecule has 0 saturated carbocycles. The molecule has 0 saturated heterocycles. The number of carbonyl (C=O) groups excluding carboxylic acids is 1. The molecule has 1 unspecified atom stereocenters. The van der Waals surface area contributed by atoms with E-state index in [1.807, 2.05) is 37.3 Å². The molecule has 23 heavy (non-hydrogen) atoms. The summed E-state index contributed by atoms with van der Waals surface area (Å²) in [7, 11) is 0. The zero-order valence-corrected chi connectivity index (χ0v) is 14.3. The quantitative estimate of drug-likeness (QED) is 0.519. The van der Waals surface area contributed by atoms with Gasteiger partial charge in [0.25, 0.3) is 0 Å². The molecule has 0 aliphatic rings. The number of rotatable bonds is 7. The van der Waals surface area contributed by atoms with Gasteiger partial charge in [0.05, 0.1) is 5.56 Å². The maximum absolute atomic E-state index is 12.3. The number of benzene rings is 2. The lowest BCUT2D eigenvalue weighted by Crippen LogP contribution is -2.37. The molecule has 3 nitrogen and oxygen atoms in total. The first-order valence-electron chi connectivity index (χ1n) is 7.90. The average molecular weight is 332 g/mol. The van der Waals surface area contributed by atoms with Gasteiger partial charge in [0.1, 0.15) is 0 Å². The van der Waals surface area contributed by atoms with E-state index in [1.54, 1.807) is 24.3 Å². The van der Waals surface area contributed by atoms with Gasteiger partial charge in [0, 0.05) is 17.3 Å². The van der Waals surface area contributed by atoms with Gasteiger partial charge in [-0.3, -0.25) is 0 Å². The first-order chi connectivity index (χ1) is 11.1. The van der Waals surface area contributed by atoms with Gasteiger partial charge in [-0.2, -0.15) is 0 Å². The van der Waals surface area contributed by atoms with Crippen LogP contribution < -0.4 is 4.90 Å². The predicted molar refractivity (Wildman–Crippen MR) is 95.0 cm³/mol. The topological polar surface area (TPSA) is 29.5 Å². The highest BCUT2D eigenvalue weighted by Crippen LogP contribution is 2.19. The highest BCUT2D eigenvalue weighted by Gasteiger charge is 2.19. The van der Waals surface area contributed by atoms with Gasteiger partial charge < -0.3 is 9.64 Å². The molecule has 0 radical (unpaired) electrons. The fourth-order valence-corrected chi connectivity index (χ4v) is 2.47. The van der Waals surface area contributed by atoms with Crippen molar-refractivity contribution in [1.29, 1.82) is 0 Å². The van der Waals surface area contributed by atoms with Crippen LogP contribution in [0.3, 0.4) is 0 Å². The number of hydrogen-bond donors (Lipinski definition) is 0. The van der Waals surface area contributed by atoms with E-state index in [4.69, 9.17) is 16.3 Å². The van der Waals surface area contributed by atoms with E-state index in [1.165, 1.54) is 0 Å². The lowest BCUT2D eigenvalue weighted by atomic mass is 10.2. The Morgan fingerprint density at radius 1 is 1.13 bits per heavy atom. The molecule has 0 bridgehead atoms. The maximum atomic E-state index is 12.3. The standard InChI is InChI=1S/C19H22ClNO2/c1-3-4-14-21(18-8-6-5-7-9-18)15(2)23-19(22)16-10-12-17(20)13-11-16/h5-13,15H,3-4,14H2,1-2H3. The van der Waals surface area contributed by atoms with E-state index in [0.717, 1.165) is 25.1 Å². The monoisotopic (exact) mass is 331 g/mol. The molecule has 2 aromatic rings. The van der Waals surface area contributed by atoms with Crippen molar-refractivity contribution in [1.82, 2.24) is 0 Å². The van der Waals surface area contributed by atoms with Crippen molar-refractivity contribution in [2.75, 3.05) is 11.4 Å². The Morgan fingerprint density at radius 2 is 1.78 bits per heavy atom. The van der Waals surface area contributed by atoms with Crippen LogP contribution in [0.15, 0.2) is 54.6 Å². The minimum atomic E-state index is -0.341. The average Bonchev–Trinajstić information content (AvgIpc) is 2.56. The summed E-state index contributed by atoms with van der Waals surface area (Å²) >= 11 is 5.85. The zero-order chi connectivity index (χ0) is 16.7. The molecule has 0 aromatic heterocycles. The lowest BCUT2D eigenvalue weighted by Gasteiger charge is -2.30. The number of ether oxygens (including phenoxy) is 1. The Morgan fingerprint density at radius 3 is 2.39 bits per heavy atom. The third kappa shape index (κ3) is 5.00. The number of hydrogen-bond acceptors (Lipinski definition) is 3. The summed E-state index contributed by atoms with van der Waals surface area (Å²) in [6, 6.07) is 16.7. The first-order valence-corrected chi connectivity index (χ1v) is 8.28. The molecule has 4 heteroatoms. The normalized spacial score (nSPS) is 11.8. The van der Waals surface area contributed by atoms with Crippen LogP contribution in [0.4, 0.5) is 5.69 Å². The fraction of sp³-hybridized carbons (Fsp3) is 0.316. The van der Waals surface area contributed by atoms with Crippen molar-refractivity contribution >= 4 is 23.3 Å². The van der Waals surface area contributed by atoms with E-state index < -0.39 is 0 Å². The molecule has 0 N–H and O–H groups in total. The Balaban J connectivity index is 2.09. The molecule has 0 amide bonds. The number of esters is 1. The van der Waals surface area contributed by atoms with Gasteiger partial charge in [-0.1, -0.05) is 43.1 Å². The van der Waals surface area contributed by atoms with Crippen LogP contribution >= 0.6 is 11.6 Å². The second-order valence-corrected chi connectivity index (χ2v) is 5.83. The van der Waals surface area contributed by atoms with Crippen LogP contribution in [0, 0.1) is 0 Å². The number of unbranched alkanes of at least 4 members (excludes halogenated alkanes) is 1. The van der Waals surface area contributed by atoms with E-state index in [9.17, 15) is 4.79 Å². The second kappa shape index (κ2) is 8.59. The van der Waals surface area contributed by atoms with E-state index in [-0.39, 0.29) is 12.2 Å². The van der Waals surface area contributed by atoms with Gasteiger partial charge in [-0.05, 0) is 49.7 Å². The Hall–Kier alpha value is -2.00. The summed E-state index contributed by atoms with van der Waals surface area (Å²) in [6.45, 7) is 4.89. The molecule has 0 fully saturated rings. The molecule has 1 atom stereocenters. The predicted octanol–water partition coefficient (Wildman–Crippen LogP) is 5.15. The number of para-hydroxylation sites is 1. The molecule has 122 valence electrons. The van der Waals surface area contributed by atoms with Crippen LogP contribution in [0.2, 0.25) is 5.02 Å². The Kier molecular flexibility index (Phi) is 6.48. The van der Waals surface area contributed by atoms with Crippen molar-refractivity contribution in [3.8, 4) is 0 Å². The minimum Gasteiger partial charge on any atom is -0.438 e. The van der Waals surface area contributed by atoms with Crippen molar-refractivity contribution in [2.24, 2.45) is 0 Å². The summed E-state index contributed by atoms with van der Waals surface area (Å²) in [5, 5.41) is 0.600. The number of carbonyl (C=O) groups is 1. The number of anilines is 1. The van der Waals surface area contributed by atoms with E-state index >= 15 is 0 Å². The van der Waals surface area contributed by atoms with Crippen LogP contribution in [-0.2, 0) is 4.74 Å². The maximum Gasteiger partial charge on any atom is 0.340 e. The van der Waals surface area contributed by atoms with Crippen molar-refractivity contribution < 1.29 is 9.53 Å². The molecule has 0 heterocycles. The van der Waals surface area contributed by atoms with Crippen LogP contribution in [0.25, 0.3) is 0 Å². The Bertz CT molecular complexity index is 613. The molecular formula is C19H22ClNO2. The first kappa shape index (κ1) is 17.4. The highest BCUT2D eigenvalue weighted by atomic mass is 35.5. The van der Waals surface area contributed by atoms with Gasteiger partial charge >= 0.3 is 5.97 Å². The smallest absolute Gasteiger partial charge is 0.340 e. The third-order valence-corrected chi connectivity index (χ3v) is 3.89. The van der Waals surface area contributed by atoms with Crippen molar-refractivity contribution in [3.05, 3.63) is 65.2 Å². The van der Waals surface area contributed by atoms with Crippen molar-refractivity contribution in [2.45, 2.75) is 32.9 Å². The van der Waals surface area contributed by atoms with Gasteiger partial charge in [-0.25, -0.2) is 4.79 Å². The van der Waals surface area contributed by atoms with Crippen molar-refractivity contribution in [3.63, 3.8) is 0 Å². The largest absolute Gasteiger partial charge is 0.438 e. The highest BCUT2D eigenvalue weighted by molar-refractivity contribution is 6.30. The van der Waals surface area contributed by atoms with Crippen LogP contribution in [-0.4, -0.2) is 18.7 Å². The molecule has 0 spiro atoms. The van der Waals surface area contributed by atoms with E-state index in [2.05, 4.69) is 11.8 Å². The molecule has 0 aliphatic heterocycles.